The van der Waals surface area contributed by atoms with Crippen molar-refractivity contribution >= 4 is 16.8 Å². The molecule has 2 aliphatic rings. The Kier molecular flexibility index (Phi) is 5.49. The number of ether oxygens (including phenoxy) is 2. The average molecular weight is 386 g/mol. The summed E-state index contributed by atoms with van der Waals surface area (Å²) < 4.78 is 12.7. The Morgan fingerprint density at radius 3 is 2.61 bits per heavy atom. The molecular formula is C22H31N3O3. The zero-order valence-electron chi connectivity index (χ0n) is 17.2. The molecule has 28 heavy (non-hydrogen) atoms. The fourth-order valence-electron chi connectivity index (χ4n) is 5.01. The molecule has 1 N–H and O–H groups in total. The van der Waals surface area contributed by atoms with Crippen LogP contribution in [0.5, 0.6) is 11.5 Å². The Morgan fingerprint density at radius 1 is 1.07 bits per heavy atom. The number of piperidine rings is 2. The van der Waals surface area contributed by atoms with E-state index in [0.717, 1.165) is 17.4 Å². The van der Waals surface area contributed by atoms with E-state index in [1.165, 1.54) is 45.2 Å². The fraction of sp³-hybridized carbons (Fsp3) is 0.591. The predicted octanol–water partition coefficient (Wildman–Crippen LogP) is 3.19. The first kappa shape index (κ1) is 19.1. The van der Waals surface area contributed by atoms with Crippen molar-refractivity contribution in [2.45, 2.75) is 38.1 Å². The Hall–Kier alpha value is -2.21. The van der Waals surface area contributed by atoms with Gasteiger partial charge in [-0.3, -0.25) is 4.79 Å². The molecule has 0 saturated carbocycles. The fourth-order valence-corrected chi connectivity index (χ4v) is 5.01. The summed E-state index contributed by atoms with van der Waals surface area (Å²) in [7, 11) is 5.17. The van der Waals surface area contributed by atoms with Gasteiger partial charge in [-0.2, -0.15) is 0 Å². The lowest BCUT2D eigenvalue weighted by atomic mass is 9.83. The van der Waals surface area contributed by atoms with E-state index >= 15 is 0 Å². The minimum atomic E-state index is -0.00966. The van der Waals surface area contributed by atoms with Gasteiger partial charge in [0.1, 0.15) is 5.69 Å². The van der Waals surface area contributed by atoms with Gasteiger partial charge in [-0.25, -0.2) is 0 Å². The number of fused-ring (bicyclic) bond motifs is 2. The van der Waals surface area contributed by atoms with Gasteiger partial charge in [0.05, 0.1) is 19.7 Å². The lowest BCUT2D eigenvalue weighted by molar-refractivity contribution is 0.0574. The summed E-state index contributed by atoms with van der Waals surface area (Å²) in [5.74, 6) is 1.90. The monoisotopic (exact) mass is 385 g/mol. The van der Waals surface area contributed by atoms with Crippen LogP contribution in [0.1, 0.15) is 42.6 Å². The second-order valence-electron chi connectivity index (χ2n) is 8.07. The second kappa shape index (κ2) is 8.03. The van der Waals surface area contributed by atoms with Crippen molar-refractivity contribution in [1.29, 1.82) is 0 Å². The highest BCUT2D eigenvalue weighted by molar-refractivity contribution is 5.99. The topological polar surface area (TPSA) is 55.7 Å². The lowest BCUT2D eigenvalue weighted by Gasteiger charge is -2.44. The first-order valence-corrected chi connectivity index (χ1v) is 10.4. The number of carbonyl (C=O) groups is 1. The number of nitrogens with one attached hydrogen (secondary N) is 1. The van der Waals surface area contributed by atoms with Crippen LogP contribution in [0.15, 0.2) is 18.2 Å². The molecule has 0 radical (unpaired) electrons. The van der Waals surface area contributed by atoms with Gasteiger partial charge in [0, 0.05) is 31.1 Å². The maximum atomic E-state index is 12.9. The lowest BCUT2D eigenvalue weighted by Crippen LogP contribution is -2.51. The number of aromatic nitrogens is 1. The van der Waals surface area contributed by atoms with Crippen LogP contribution >= 0.6 is 0 Å². The van der Waals surface area contributed by atoms with E-state index in [-0.39, 0.29) is 5.91 Å². The van der Waals surface area contributed by atoms with Crippen molar-refractivity contribution in [3.63, 3.8) is 0 Å². The van der Waals surface area contributed by atoms with E-state index in [1.54, 1.807) is 14.2 Å². The van der Waals surface area contributed by atoms with Gasteiger partial charge in [-0.15, -0.1) is 0 Å². The molecule has 3 heterocycles. The van der Waals surface area contributed by atoms with Crippen LogP contribution in [0, 0.1) is 5.92 Å². The number of carbonyl (C=O) groups excluding carboxylic acids is 1. The third-order valence-electron chi connectivity index (χ3n) is 6.53. The first-order valence-electron chi connectivity index (χ1n) is 10.4. The summed E-state index contributed by atoms with van der Waals surface area (Å²) in [4.78, 5) is 15.6. The van der Waals surface area contributed by atoms with Gasteiger partial charge >= 0.3 is 0 Å². The van der Waals surface area contributed by atoms with E-state index in [1.807, 2.05) is 29.8 Å². The number of amides is 1. The highest BCUT2D eigenvalue weighted by atomic mass is 16.5. The van der Waals surface area contributed by atoms with E-state index in [2.05, 4.69) is 10.2 Å². The SMILES string of the molecule is COc1cc2cc(C(=O)NC[C@H]3CCCN4CCCC[C@H]34)n(C)c2cc1OC. The molecule has 2 aromatic rings. The van der Waals surface area contributed by atoms with Gasteiger partial charge in [0.25, 0.3) is 5.91 Å². The predicted molar refractivity (Wildman–Crippen MR) is 110 cm³/mol. The number of hydrogen-bond acceptors (Lipinski definition) is 4. The normalized spacial score (nSPS) is 22.7. The first-order chi connectivity index (χ1) is 13.6. The number of aryl methyl sites for hydroxylation is 1. The minimum Gasteiger partial charge on any atom is -0.493 e. The molecule has 152 valence electrons. The Labute approximate surface area is 166 Å². The molecule has 1 amide bonds. The zero-order chi connectivity index (χ0) is 19.7. The Morgan fingerprint density at radius 2 is 1.82 bits per heavy atom. The number of methoxy groups -OCH3 is 2. The van der Waals surface area contributed by atoms with Crippen LogP contribution in [0.4, 0.5) is 0 Å². The summed E-state index contributed by atoms with van der Waals surface area (Å²) in [5.41, 5.74) is 1.63. The molecule has 0 spiro atoms. The molecule has 6 heteroatoms. The number of benzene rings is 1. The zero-order valence-corrected chi connectivity index (χ0v) is 17.2. The minimum absolute atomic E-state index is 0.00966. The second-order valence-corrected chi connectivity index (χ2v) is 8.07. The molecule has 2 saturated heterocycles. The van der Waals surface area contributed by atoms with Crippen LogP contribution in [0.2, 0.25) is 0 Å². The van der Waals surface area contributed by atoms with E-state index < -0.39 is 0 Å². The van der Waals surface area contributed by atoms with Crippen molar-refractivity contribution in [3.05, 3.63) is 23.9 Å². The highest BCUT2D eigenvalue weighted by Gasteiger charge is 2.33. The van der Waals surface area contributed by atoms with Crippen molar-refractivity contribution in [2.24, 2.45) is 13.0 Å². The highest BCUT2D eigenvalue weighted by Crippen LogP contribution is 2.34. The summed E-state index contributed by atoms with van der Waals surface area (Å²) in [6.07, 6.45) is 6.36. The summed E-state index contributed by atoms with van der Waals surface area (Å²) >= 11 is 0. The van der Waals surface area contributed by atoms with Crippen molar-refractivity contribution in [1.82, 2.24) is 14.8 Å². The van der Waals surface area contributed by atoms with E-state index in [0.29, 0.717) is 29.2 Å². The number of nitrogens with zero attached hydrogens (tertiary/aromatic N) is 2. The van der Waals surface area contributed by atoms with Crippen LogP contribution in [-0.4, -0.2) is 55.3 Å². The molecule has 1 aromatic carbocycles. The molecular weight excluding hydrogens is 354 g/mol. The maximum absolute atomic E-state index is 12.9. The molecule has 0 bridgehead atoms. The van der Waals surface area contributed by atoms with Crippen LogP contribution in [0.25, 0.3) is 10.9 Å². The Balaban J connectivity index is 1.50. The van der Waals surface area contributed by atoms with Gasteiger partial charge in [-0.05, 0) is 56.8 Å². The van der Waals surface area contributed by atoms with Crippen LogP contribution < -0.4 is 14.8 Å². The van der Waals surface area contributed by atoms with Crippen LogP contribution in [0.3, 0.4) is 0 Å². The van der Waals surface area contributed by atoms with Crippen molar-refractivity contribution in [2.75, 3.05) is 33.9 Å². The van der Waals surface area contributed by atoms with Crippen LogP contribution in [-0.2, 0) is 7.05 Å². The van der Waals surface area contributed by atoms with Gasteiger partial charge in [-0.1, -0.05) is 6.42 Å². The Bertz CT molecular complexity index is 858. The largest absolute Gasteiger partial charge is 0.493 e. The van der Waals surface area contributed by atoms with Gasteiger partial charge < -0.3 is 24.3 Å². The molecule has 2 aliphatic heterocycles. The molecule has 0 unspecified atom stereocenters. The summed E-state index contributed by atoms with van der Waals surface area (Å²) in [6, 6.07) is 6.42. The maximum Gasteiger partial charge on any atom is 0.267 e. The molecule has 6 nitrogen and oxygen atoms in total. The molecule has 2 fully saturated rings. The molecule has 4 rings (SSSR count). The van der Waals surface area contributed by atoms with Gasteiger partial charge in [0.15, 0.2) is 11.5 Å². The molecule has 2 atom stereocenters. The summed E-state index contributed by atoms with van der Waals surface area (Å²) in [5, 5.41) is 4.19. The van der Waals surface area contributed by atoms with E-state index in [4.69, 9.17) is 9.47 Å². The third-order valence-corrected chi connectivity index (χ3v) is 6.53. The average Bonchev–Trinajstić information content (AvgIpc) is 3.06. The number of hydrogen-bond donors (Lipinski definition) is 1. The van der Waals surface area contributed by atoms with Crippen molar-refractivity contribution in [3.8, 4) is 11.5 Å². The summed E-state index contributed by atoms with van der Waals surface area (Å²) in [6.45, 7) is 3.21. The smallest absolute Gasteiger partial charge is 0.267 e. The number of rotatable bonds is 5. The van der Waals surface area contributed by atoms with E-state index in [9.17, 15) is 4.79 Å². The van der Waals surface area contributed by atoms with Crippen molar-refractivity contribution < 1.29 is 14.3 Å². The molecule has 1 aromatic heterocycles. The van der Waals surface area contributed by atoms with Gasteiger partial charge in [0.2, 0.25) is 0 Å². The molecule has 0 aliphatic carbocycles. The quantitative estimate of drug-likeness (QED) is 0.859. The standard InChI is InChI=1S/C22H31N3O3/c1-24-18-13-21(28-3)20(27-2)12-16(18)11-19(24)22(26)23-14-15-7-6-10-25-9-5-4-8-17(15)25/h11-13,15,17H,4-10,14H2,1-3H3,(H,23,26)/t15-,17-/m1/s1. The third kappa shape index (κ3) is 3.46.